The van der Waals surface area contributed by atoms with Gasteiger partial charge in [0.15, 0.2) is 6.04 Å². The maximum absolute atomic E-state index is 12.8. The summed E-state index contributed by atoms with van der Waals surface area (Å²) in [6.07, 6.45) is -3.00. The molecule has 0 amide bonds. The van der Waals surface area contributed by atoms with Gasteiger partial charge in [-0.1, -0.05) is 18.2 Å². The van der Waals surface area contributed by atoms with Gasteiger partial charge in [0.1, 0.15) is 5.82 Å². The maximum Gasteiger partial charge on any atom is 0.419 e. The van der Waals surface area contributed by atoms with Crippen molar-refractivity contribution >= 4 is 17.5 Å². The SMILES string of the molecule is CCOC(=O)C(=[N+]=[N-])C(Nc1ccccn1)c1ccc(C(F)(F)F)cc1. The minimum absolute atomic E-state index is 0.0428. The van der Waals surface area contributed by atoms with Crippen LogP contribution in [-0.4, -0.2) is 28.1 Å². The average Bonchev–Trinajstić information content (AvgIpc) is 2.62. The molecule has 0 aliphatic carbocycles. The number of nitrogens with zero attached hydrogens (tertiary/aromatic N) is 3. The average molecular weight is 364 g/mol. The Kier molecular flexibility index (Phi) is 6.08. The third-order valence-corrected chi connectivity index (χ3v) is 3.39. The molecule has 0 radical (unpaired) electrons. The number of carbonyl (C=O) groups excluding carboxylic acids is 1. The first kappa shape index (κ1) is 19.1. The van der Waals surface area contributed by atoms with Crippen LogP contribution in [0, 0.1) is 0 Å². The number of benzene rings is 1. The first-order valence-corrected chi connectivity index (χ1v) is 7.60. The standard InChI is InChI=1S/C17H15F3N4O2/c1-2-26-16(25)15(24-21)14(23-13-5-3-4-10-22-13)11-6-8-12(9-7-11)17(18,19)20/h3-10,14H,2H2,1H3,(H,22,23). The van der Waals surface area contributed by atoms with Gasteiger partial charge < -0.3 is 15.6 Å². The van der Waals surface area contributed by atoms with Crippen LogP contribution >= 0.6 is 0 Å². The summed E-state index contributed by atoms with van der Waals surface area (Å²) in [6, 6.07) is 8.02. The summed E-state index contributed by atoms with van der Waals surface area (Å²) >= 11 is 0. The lowest BCUT2D eigenvalue weighted by atomic mass is 10.00. The van der Waals surface area contributed by atoms with Gasteiger partial charge in [-0.15, -0.1) is 0 Å². The van der Waals surface area contributed by atoms with Crippen molar-refractivity contribution in [2.75, 3.05) is 11.9 Å². The third-order valence-electron chi connectivity index (χ3n) is 3.39. The number of halogens is 3. The Bertz CT molecular complexity index is 801. The van der Waals surface area contributed by atoms with Crippen LogP contribution in [-0.2, 0) is 15.7 Å². The van der Waals surface area contributed by atoms with E-state index in [2.05, 4.69) is 15.1 Å². The minimum atomic E-state index is -4.49. The van der Waals surface area contributed by atoms with Gasteiger partial charge in [-0.2, -0.15) is 18.0 Å². The van der Waals surface area contributed by atoms with Crippen LogP contribution in [0.4, 0.5) is 19.0 Å². The molecule has 0 aliphatic heterocycles. The zero-order valence-electron chi connectivity index (χ0n) is 13.7. The highest BCUT2D eigenvalue weighted by atomic mass is 19.4. The van der Waals surface area contributed by atoms with E-state index >= 15 is 0 Å². The molecule has 2 rings (SSSR count). The molecule has 26 heavy (non-hydrogen) atoms. The van der Waals surface area contributed by atoms with E-state index in [1.165, 1.54) is 18.3 Å². The lowest BCUT2D eigenvalue weighted by Gasteiger charge is -2.16. The quantitative estimate of drug-likeness (QED) is 0.368. The molecule has 1 N–H and O–H groups in total. The van der Waals surface area contributed by atoms with Crippen LogP contribution in [0.25, 0.3) is 5.53 Å². The highest BCUT2D eigenvalue weighted by molar-refractivity contribution is 6.36. The topological polar surface area (TPSA) is 87.6 Å². The number of pyridine rings is 1. The van der Waals surface area contributed by atoms with Crippen LogP contribution in [0.15, 0.2) is 48.7 Å². The molecule has 2 aromatic rings. The summed E-state index contributed by atoms with van der Waals surface area (Å²) in [4.78, 5) is 19.1. The molecule has 1 aromatic heterocycles. The van der Waals surface area contributed by atoms with Crippen LogP contribution in [0.3, 0.4) is 0 Å². The van der Waals surface area contributed by atoms with E-state index < -0.39 is 29.5 Å². The Hall–Kier alpha value is -3.19. The lowest BCUT2D eigenvalue weighted by molar-refractivity contribution is -0.140. The number of esters is 1. The number of hydrogen-bond acceptors (Lipinski definition) is 4. The highest BCUT2D eigenvalue weighted by Gasteiger charge is 2.36. The molecule has 0 aliphatic rings. The number of aromatic nitrogens is 1. The van der Waals surface area contributed by atoms with Gasteiger partial charge in [-0.3, -0.25) is 0 Å². The number of rotatable bonds is 6. The molecule has 1 unspecified atom stereocenters. The zero-order valence-corrected chi connectivity index (χ0v) is 13.7. The van der Waals surface area contributed by atoms with Crippen molar-refractivity contribution in [3.8, 4) is 0 Å². The van der Waals surface area contributed by atoms with Gasteiger partial charge in [-0.05, 0) is 36.8 Å². The van der Waals surface area contributed by atoms with Crippen LogP contribution in [0.1, 0.15) is 24.1 Å². The van der Waals surface area contributed by atoms with Crippen molar-refractivity contribution in [3.05, 3.63) is 65.3 Å². The Labute approximate surface area is 147 Å². The summed E-state index contributed by atoms with van der Waals surface area (Å²) in [5.41, 5.74) is 8.29. The van der Waals surface area contributed by atoms with Gasteiger partial charge in [0, 0.05) is 6.20 Å². The molecule has 0 fully saturated rings. The van der Waals surface area contributed by atoms with Crippen molar-refractivity contribution < 1.29 is 27.5 Å². The van der Waals surface area contributed by atoms with Gasteiger partial charge in [0.05, 0.1) is 12.2 Å². The molecule has 0 saturated heterocycles. The molecule has 0 saturated carbocycles. The van der Waals surface area contributed by atoms with Crippen molar-refractivity contribution in [2.24, 2.45) is 0 Å². The minimum Gasteiger partial charge on any atom is -0.457 e. The predicted octanol–water partition coefficient (Wildman–Crippen LogP) is 3.49. The number of ether oxygens (including phenoxy) is 1. The number of carbonyl (C=O) groups is 1. The second-order valence-corrected chi connectivity index (χ2v) is 5.12. The monoisotopic (exact) mass is 364 g/mol. The van der Waals surface area contributed by atoms with Crippen LogP contribution < -0.4 is 5.32 Å². The first-order valence-electron chi connectivity index (χ1n) is 7.60. The molecule has 1 aromatic carbocycles. The Morgan fingerprint density at radius 1 is 1.27 bits per heavy atom. The first-order chi connectivity index (χ1) is 12.4. The van der Waals surface area contributed by atoms with Crippen molar-refractivity contribution in [3.63, 3.8) is 0 Å². The number of hydrogen-bond donors (Lipinski definition) is 1. The second kappa shape index (κ2) is 8.26. The third kappa shape index (κ3) is 4.67. The van der Waals surface area contributed by atoms with Gasteiger partial charge in [-0.25, -0.2) is 9.78 Å². The van der Waals surface area contributed by atoms with E-state index in [9.17, 15) is 23.5 Å². The van der Waals surface area contributed by atoms with Gasteiger partial charge in [0.25, 0.3) is 0 Å². The Morgan fingerprint density at radius 2 is 1.96 bits per heavy atom. The second-order valence-electron chi connectivity index (χ2n) is 5.12. The normalized spacial score (nSPS) is 12.0. The van der Waals surface area contributed by atoms with Crippen molar-refractivity contribution in [2.45, 2.75) is 19.1 Å². The van der Waals surface area contributed by atoms with E-state index in [1.54, 1.807) is 25.1 Å². The van der Waals surface area contributed by atoms with Crippen molar-refractivity contribution in [1.29, 1.82) is 0 Å². The largest absolute Gasteiger partial charge is 0.457 e. The number of anilines is 1. The lowest BCUT2D eigenvalue weighted by Crippen LogP contribution is -2.31. The van der Waals surface area contributed by atoms with Gasteiger partial charge in [0.2, 0.25) is 0 Å². The van der Waals surface area contributed by atoms with E-state index in [0.29, 0.717) is 5.82 Å². The molecular weight excluding hydrogens is 349 g/mol. The van der Waals surface area contributed by atoms with E-state index in [1.807, 2.05) is 0 Å². The fraction of sp³-hybridized carbons (Fsp3) is 0.235. The molecule has 136 valence electrons. The fourth-order valence-corrected chi connectivity index (χ4v) is 2.19. The van der Waals surface area contributed by atoms with E-state index in [4.69, 9.17) is 4.74 Å². The Morgan fingerprint density at radius 3 is 2.46 bits per heavy atom. The molecule has 1 heterocycles. The molecule has 0 spiro atoms. The van der Waals surface area contributed by atoms with E-state index in [-0.39, 0.29) is 12.2 Å². The van der Waals surface area contributed by atoms with Crippen molar-refractivity contribution in [1.82, 2.24) is 4.98 Å². The summed E-state index contributed by atoms with van der Waals surface area (Å²) in [5.74, 6) is -0.564. The Balaban J connectivity index is 2.42. The highest BCUT2D eigenvalue weighted by Crippen LogP contribution is 2.30. The summed E-state index contributed by atoms with van der Waals surface area (Å²) in [7, 11) is 0. The number of nitrogens with one attached hydrogen (secondary N) is 1. The fourth-order valence-electron chi connectivity index (χ4n) is 2.19. The van der Waals surface area contributed by atoms with Gasteiger partial charge >= 0.3 is 17.9 Å². The molecule has 9 heteroatoms. The number of alkyl halides is 3. The summed E-state index contributed by atoms with van der Waals surface area (Å²) < 4.78 is 43.1. The smallest absolute Gasteiger partial charge is 0.419 e. The maximum atomic E-state index is 12.8. The zero-order chi connectivity index (χ0) is 19.2. The van der Waals surface area contributed by atoms with E-state index in [0.717, 1.165) is 12.1 Å². The van der Waals surface area contributed by atoms with Crippen LogP contribution in [0.2, 0.25) is 0 Å². The molecular formula is C17H15F3N4O2. The molecule has 6 nitrogen and oxygen atoms in total. The molecule has 1 atom stereocenters. The summed E-state index contributed by atoms with van der Waals surface area (Å²) in [5, 5.41) is 2.86. The predicted molar refractivity (Wildman–Crippen MR) is 87.3 cm³/mol. The summed E-state index contributed by atoms with van der Waals surface area (Å²) in [6.45, 7) is 1.62. The van der Waals surface area contributed by atoms with Crippen LogP contribution in [0.5, 0.6) is 0 Å². The molecule has 0 bridgehead atoms.